The van der Waals surface area contributed by atoms with E-state index in [1.54, 1.807) is 17.9 Å². The minimum absolute atomic E-state index is 0.0836. The minimum Gasteiger partial charge on any atom is -0.415 e. The van der Waals surface area contributed by atoms with Gasteiger partial charge in [0.2, 0.25) is 5.91 Å². The van der Waals surface area contributed by atoms with Crippen molar-refractivity contribution in [2.24, 2.45) is 5.92 Å². The number of ether oxygens (including phenoxy) is 1. The second-order valence-electron chi connectivity index (χ2n) is 6.54. The van der Waals surface area contributed by atoms with Gasteiger partial charge >= 0.3 is 6.09 Å². The first-order chi connectivity index (χ1) is 11.6. The van der Waals surface area contributed by atoms with Crippen molar-refractivity contribution in [1.82, 2.24) is 10.2 Å². The van der Waals surface area contributed by atoms with E-state index in [9.17, 15) is 9.59 Å². The maximum Gasteiger partial charge on any atom is 0.415 e. The molecule has 3 rings (SSSR count). The maximum atomic E-state index is 12.5. The molecule has 5 nitrogen and oxygen atoms in total. The molecule has 0 bridgehead atoms. The fraction of sp³-hybridized carbons (Fsp3) is 0.474. The van der Waals surface area contributed by atoms with Crippen LogP contribution in [0.5, 0.6) is 0 Å². The van der Waals surface area contributed by atoms with Crippen molar-refractivity contribution in [2.75, 3.05) is 6.54 Å². The number of amides is 2. The van der Waals surface area contributed by atoms with Crippen molar-refractivity contribution in [3.63, 3.8) is 0 Å². The predicted molar refractivity (Wildman–Crippen MR) is 91.1 cm³/mol. The van der Waals surface area contributed by atoms with Crippen LogP contribution in [0.4, 0.5) is 4.79 Å². The number of allylic oxidation sites excluding steroid dienone is 2. The Morgan fingerprint density at radius 2 is 2.00 bits per heavy atom. The summed E-state index contributed by atoms with van der Waals surface area (Å²) >= 11 is 0. The topological polar surface area (TPSA) is 58.6 Å². The standard InChI is InChI=1S/C19H24N2O3/c1-3-13(2)24-19(23)21-12-16-7-5-4-6-15(16)10-17(21)11-20-18(22)14-8-9-14/h3-7,14,17H,8-12H2,1-2H3,(H,20,22)/b13-3-/t17-/m0/s1. The number of carbonyl (C=O) groups is 2. The smallest absolute Gasteiger partial charge is 0.415 e. The minimum atomic E-state index is -0.356. The van der Waals surface area contributed by atoms with Gasteiger partial charge in [-0.25, -0.2) is 4.79 Å². The molecular formula is C19H24N2O3. The molecule has 1 aliphatic carbocycles. The Bertz CT molecular complexity index is 664. The number of nitrogens with zero attached hydrogens (tertiary/aromatic N) is 1. The van der Waals surface area contributed by atoms with E-state index in [-0.39, 0.29) is 24.0 Å². The van der Waals surface area contributed by atoms with E-state index in [1.807, 2.05) is 25.1 Å². The highest BCUT2D eigenvalue weighted by Crippen LogP contribution is 2.29. The Morgan fingerprint density at radius 3 is 2.67 bits per heavy atom. The average molecular weight is 328 g/mol. The summed E-state index contributed by atoms with van der Waals surface area (Å²) in [4.78, 5) is 26.2. The van der Waals surface area contributed by atoms with Gasteiger partial charge in [0.1, 0.15) is 5.76 Å². The molecule has 2 aliphatic rings. The Morgan fingerprint density at radius 1 is 1.29 bits per heavy atom. The molecule has 0 saturated heterocycles. The van der Waals surface area contributed by atoms with Gasteiger partial charge in [-0.3, -0.25) is 9.69 Å². The van der Waals surface area contributed by atoms with Crippen LogP contribution in [-0.4, -0.2) is 29.5 Å². The first-order valence-corrected chi connectivity index (χ1v) is 8.54. The number of hydrogen-bond acceptors (Lipinski definition) is 3. The molecule has 2 amide bonds. The molecule has 1 aromatic carbocycles. The summed E-state index contributed by atoms with van der Waals surface area (Å²) in [5.74, 6) is 0.859. The summed E-state index contributed by atoms with van der Waals surface area (Å²) in [6.07, 6.45) is 4.09. The molecule has 0 unspecified atom stereocenters. The zero-order chi connectivity index (χ0) is 17.1. The van der Waals surface area contributed by atoms with Crippen LogP contribution in [0.3, 0.4) is 0 Å². The van der Waals surface area contributed by atoms with Crippen LogP contribution in [0.1, 0.15) is 37.8 Å². The van der Waals surface area contributed by atoms with Crippen LogP contribution in [0.15, 0.2) is 36.1 Å². The molecule has 1 aliphatic heterocycles. The van der Waals surface area contributed by atoms with Crippen LogP contribution >= 0.6 is 0 Å². The molecule has 1 heterocycles. The third kappa shape index (κ3) is 3.78. The van der Waals surface area contributed by atoms with Gasteiger partial charge < -0.3 is 10.1 Å². The van der Waals surface area contributed by atoms with E-state index in [1.165, 1.54) is 5.56 Å². The Labute approximate surface area is 142 Å². The van der Waals surface area contributed by atoms with Gasteiger partial charge in [-0.1, -0.05) is 24.3 Å². The number of hydrogen-bond donors (Lipinski definition) is 1. The summed E-state index contributed by atoms with van der Waals surface area (Å²) in [7, 11) is 0. The summed E-state index contributed by atoms with van der Waals surface area (Å²) in [6.45, 7) is 4.57. The molecule has 1 fully saturated rings. The molecule has 0 spiro atoms. The summed E-state index contributed by atoms with van der Waals surface area (Å²) in [5.41, 5.74) is 2.37. The maximum absolute atomic E-state index is 12.5. The van der Waals surface area contributed by atoms with Crippen molar-refractivity contribution in [2.45, 2.75) is 45.7 Å². The quantitative estimate of drug-likeness (QED) is 0.865. The van der Waals surface area contributed by atoms with Gasteiger partial charge in [0.15, 0.2) is 0 Å². The zero-order valence-corrected chi connectivity index (χ0v) is 14.2. The Balaban J connectivity index is 1.73. The highest BCUT2D eigenvalue weighted by Gasteiger charge is 2.33. The number of rotatable bonds is 4. The Hall–Kier alpha value is -2.30. The zero-order valence-electron chi connectivity index (χ0n) is 14.2. The normalized spacial score (nSPS) is 20.3. The van der Waals surface area contributed by atoms with E-state index in [0.717, 1.165) is 24.8 Å². The van der Waals surface area contributed by atoms with Crippen LogP contribution < -0.4 is 5.32 Å². The molecule has 128 valence electrons. The van der Waals surface area contributed by atoms with Gasteiger partial charge in [0.05, 0.1) is 6.04 Å². The van der Waals surface area contributed by atoms with Crippen LogP contribution in [0.25, 0.3) is 0 Å². The lowest BCUT2D eigenvalue weighted by atomic mass is 9.94. The van der Waals surface area contributed by atoms with Crippen molar-refractivity contribution < 1.29 is 14.3 Å². The van der Waals surface area contributed by atoms with Gasteiger partial charge in [-0.15, -0.1) is 0 Å². The molecule has 0 aromatic heterocycles. The summed E-state index contributed by atoms with van der Waals surface area (Å²) in [5, 5.41) is 2.99. The molecule has 24 heavy (non-hydrogen) atoms. The molecule has 1 atom stereocenters. The largest absolute Gasteiger partial charge is 0.415 e. The lowest BCUT2D eigenvalue weighted by Gasteiger charge is -2.36. The molecule has 1 saturated carbocycles. The number of nitrogens with one attached hydrogen (secondary N) is 1. The second kappa shape index (κ2) is 7.07. The van der Waals surface area contributed by atoms with Crippen molar-refractivity contribution in [3.05, 3.63) is 47.2 Å². The van der Waals surface area contributed by atoms with E-state index < -0.39 is 0 Å². The first kappa shape index (κ1) is 16.6. The fourth-order valence-electron chi connectivity index (χ4n) is 2.95. The van der Waals surface area contributed by atoms with E-state index in [0.29, 0.717) is 18.8 Å². The number of carbonyl (C=O) groups excluding carboxylic acids is 2. The van der Waals surface area contributed by atoms with Crippen LogP contribution in [0, 0.1) is 5.92 Å². The van der Waals surface area contributed by atoms with Crippen molar-refractivity contribution in [3.8, 4) is 0 Å². The van der Waals surface area contributed by atoms with Crippen LogP contribution in [0.2, 0.25) is 0 Å². The molecule has 1 N–H and O–H groups in total. The Kier molecular flexibility index (Phi) is 4.88. The van der Waals surface area contributed by atoms with Crippen molar-refractivity contribution in [1.29, 1.82) is 0 Å². The third-order valence-electron chi connectivity index (χ3n) is 4.70. The highest BCUT2D eigenvalue weighted by atomic mass is 16.6. The van der Waals surface area contributed by atoms with Crippen molar-refractivity contribution >= 4 is 12.0 Å². The van der Waals surface area contributed by atoms with Gasteiger partial charge in [0.25, 0.3) is 0 Å². The fourth-order valence-corrected chi connectivity index (χ4v) is 2.95. The summed E-state index contributed by atoms with van der Waals surface area (Å²) in [6, 6.07) is 8.03. The van der Waals surface area contributed by atoms with Gasteiger partial charge in [0, 0.05) is 19.0 Å². The summed E-state index contributed by atoms with van der Waals surface area (Å²) < 4.78 is 5.39. The second-order valence-corrected chi connectivity index (χ2v) is 6.54. The SMILES string of the molecule is C/C=C(/C)OC(=O)N1Cc2ccccc2C[C@H]1CNC(=O)C1CC1. The lowest BCUT2D eigenvalue weighted by Crippen LogP contribution is -2.50. The van der Waals surface area contributed by atoms with Gasteiger partial charge in [-0.05, 0) is 50.3 Å². The molecule has 1 aromatic rings. The molecule has 0 radical (unpaired) electrons. The number of fused-ring (bicyclic) bond motifs is 1. The van der Waals surface area contributed by atoms with E-state index in [4.69, 9.17) is 4.74 Å². The average Bonchev–Trinajstić information content (AvgIpc) is 3.43. The highest BCUT2D eigenvalue weighted by molar-refractivity contribution is 5.81. The van der Waals surface area contributed by atoms with Gasteiger partial charge in [-0.2, -0.15) is 0 Å². The van der Waals surface area contributed by atoms with Crippen LogP contribution in [-0.2, 0) is 22.5 Å². The van der Waals surface area contributed by atoms with E-state index in [2.05, 4.69) is 11.4 Å². The molecule has 5 heteroatoms. The predicted octanol–water partition coefficient (Wildman–Crippen LogP) is 3.00. The first-order valence-electron chi connectivity index (χ1n) is 8.54. The molecular weight excluding hydrogens is 304 g/mol. The number of benzene rings is 1. The van der Waals surface area contributed by atoms with E-state index >= 15 is 0 Å². The lowest BCUT2D eigenvalue weighted by molar-refractivity contribution is -0.122. The third-order valence-corrected chi connectivity index (χ3v) is 4.70. The monoisotopic (exact) mass is 328 g/mol.